The highest BCUT2D eigenvalue weighted by atomic mass is 32.2. The normalized spacial score (nSPS) is 13.1. The average Bonchev–Trinajstić information content (AvgIpc) is 2.83. The van der Waals surface area contributed by atoms with Gasteiger partial charge in [0.15, 0.2) is 5.88 Å². The molecule has 0 aliphatic carbocycles. The van der Waals surface area contributed by atoms with Crippen molar-refractivity contribution in [1.29, 1.82) is 0 Å². The van der Waals surface area contributed by atoms with E-state index in [-0.39, 0.29) is 4.48 Å². The molecule has 36 heavy (non-hydrogen) atoms. The highest BCUT2D eigenvalue weighted by Gasteiger charge is 2.22. The predicted octanol–water partition coefficient (Wildman–Crippen LogP) is 10.1. The lowest BCUT2D eigenvalue weighted by atomic mass is 10.1. The number of hydrogen-bond donors (Lipinski definition) is 0. The molecule has 0 atom stereocenters. The Morgan fingerprint density at radius 3 is 1.06 bits per heavy atom. The van der Waals surface area contributed by atoms with E-state index in [1.807, 2.05) is 18.6 Å². The fourth-order valence-electron chi connectivity index (χ4n) is 4.49. The lowest BCUT2D eigenvalue weighted by molar-refractivity contribution is -0.760. The van der Waals surface area contributed by atoms with E-state index < -0.39 is 16.0 Å². The van der Waals surface area contributed by atoms with Crippen molar-refractivity contribution in [2.45, 2.75) is 156 Å². The van der Waals surface area contributed by atoms with Crippen molar-refractivity contribution in [2.24, 2.45) is 0 Å². The van der Waals surface area contributed by atoms with Gasteiger partial charge in [-0.25, -0.2) is 12.9 Å². The summed E-state index contributed by atoms with van der Waals surface area (Å²) in [4.78, 5) is 0. The molecule has 0 aliphatic rings. The van der Waals surface area contributed by atoms with Gasteiger partial charge in [0.2, 0.25) is 0 Å². The van der Waals surface area contributed by atoms with Crippen LogP contribution in [0.4, 0.5) is 0 Å². The molecule has 0 spiro atoms. The number of nitrogens with zero attached hydrogens (tertiary/aromatic N) is 1. The number of hydrogen-bond acceptors (Lipinski definition) is 3. The van der Waals surface area contributed by atoms with Crippen molar-refractivity contribution >= 4 is 10.1 Å². The maximum absolute atomic E-state index is 11.9. The Kier molecular flexibility index (Phi) is 23.8. The number of quaternary nitrogens is 1. The van der Waals surface area contributed by atoms with Crippen LogP contribution >= 0.6 is 0 Å². The highest BCUT2D eigenvalue weighted by molar-refractivity contribution is 7.85. The summed E-state index contributed by atoms with van der Waals surface area (Å²) in [6.45, 7) is 6.68. The zero-order chi connectivity index (χ0) is 26.8. The second-order valence-electron chi connectivity index (χ2n) is 10.5. The van der Waals surface area contributed by atoms with Crippen LogP contribution < -0.4 is 0 Å². The van der Waals surface area contributed by atoms with E-state index in [1.54, 1.807) is 0 Å². The van der Waals surface area contributed by atoms with E-state index >= 15 is 0 Å². The smallest absolute Gasteiger partial charge is 0.181 e. The summed E-state index contributed by atoms with van der Waals surface area (Å²) in [7, 11) is -4.39. The lowest BCUT2D eigenvalue weighted by Gasteiger charge is -2.28. The van der Waals surface area contributed by atoms with Gasteiger partial charge < -0.3 is 4.55 Å². The first kappa shape index (κ1) is 35.1. The van der Waals surface area contributed by atoms with Gasteiger partial charge in [0.05, 0.1) is 0 Å². The van der Waals surface area contributed by atoms with Gasteiger partial charge in [-0.2, -0.15) is 0 Å². The van der Waals surface area contributed by atoms with Crippen LogP contribution in [0, 0.1) is 0 Å². The number of rotatable bonds is 26. The van der Waals surface area contributed by atoms with Gasteiger partial charge in [0.25, 0.3) is 0 Å². The van der Waals surface area contributed by atoms with Gasteiger partial charge in [0, 0.05) is 0 Å². The number of allylic oxidation sites excluding steroid dienone is 3. The lowest BCUT2D eigenvalue weighted by Crippen LogP contribution is -2.36. The zero-order valence-corrected chi connectivity index (χ0v) is 24.9. The summed E-state index contributed by atoms with van der Waals surface area (Å²) in [6.07, 6.45) is 37.0. The van der Waals surface area contributed by atoms with E-state index in [1.165, 1.54) is 96.3 Å². The second kappa shape index (κ2) is 24.4. The maximum atomic E-state index is 11.9. The quantitative estimate of drug-likeness (QED) is 0.0641. The Balaban J connectivity index is 5.12. The SMILES string of the molecule is CCCCCCCC/C=C/[N+](/C=C/CCCCCCCC)(/C=C/CCCCCCCC)CS(=O)(=O)[O-]. The monoisotopic (exact) mass is 525 g/mol. The van der Waals surface area contributed by atoms with Gasteiger partial charge in [-0.3, -0.25) is 0 Å². The summed E-state index contributed by atoms with van der Waals surface area (Å²) in [5.74, 6) is -0.458. The summed E-state index contributed by atoms with van der Waals surface area (Å²) >= 11 is 0. The molecule has 0 aromatic heterocycles. The van der Waals surface area contributed by atoms with Gasteiger partial charge in [-0.1, -0.05) is 117 Å². The molecule has 0 aliphatic heterocycles. The Morgan fingerprint density at radius 1 is 0.500 bits per heavy atom. The van der Waals surface area contributed by atoms with Crippen molar-refractivity contribution in [3.05, 3.63) is 36.8 Å². The molecule has 0 amide bonds. The van der Waals surface area contributed by atoms with Gasteiger partial charge in [0.1, 0.15) is 28.7 Å². The fraction of sp³-hybridized carbons (Fsp3) is 0.806. The molecule has 0 aromatic carbocycles. The standard InChI is InChI=1S/C31H59NO3S/c1-4-7-10-13-16-19-22-25-28-32(31-36(33,34)35,29-26-23-20-17-14-11-8-5-2)30-27-24-21-18-15-12-9-6-3/h25-30H,4-24,31H2,1-3H3/b28-25+,29-26+,30-27+. The molecule has 0 fully saturated rings. The van der Waals surface area contributed by atoms with E-state index in [0.29, 0.717) is 0 Å². The predicted molar refractivity (Wildman–Crippen MR) is 156 cm³/mol. The minimum atomic E-state index is -4.39. The molecule has 0 heterocycles. The van der Waals surface area contributed by atoms with Crippen molar-refractivity contribution in [1.82, 2.24) is 0 Å². The van der Waals surface area contributed by atoms with Crippen LogP contribution in [0.25, 0.3) is 0 Å². The van der Waals surface area contributed by atoms with Crippen LogP contribution in [0.5, 0.6) is 0 Å². The summed E-state index contributed by atoms with van der Waals surface area (Å²) < 4.78 is 35.6. The summed E-state index contributed by atoms with van der Waals surface area (Å²) in [6, 6.07) is 0. The molecule has 212 valence electrons. The van der Waals surface area contributed by atoms with Crippen LogP contribution in [0.2, 0.25) is 0 Å². The third kappa shape index (κ3) is 23.5. The molecule has 0 saturated heterocycles. The third-order valence-electron chi connectivity index (χ3n) is 6.70. The van der Waals surface area contributed by atoms with Crippen LogP contribution in [-0.4, -0.2) is 23.3 Å². The molecular formula is C31H59NO3S. The van der Waals surface area contributed by atoms with Crippen LogP contribution in [-0.2, 0) is 10.1 Å². The maximum Gasteiger partial charge on any atom is 0.181 e. The first-order valence-electron chi connectivity index (χ1n) is 15.2. The van der Waals surface area contributed by atoms with Crippen molar-refractivity contribution in [3.63, 3.8) is 0 Å². The molecule has 0 bridgehead atoms. The van der Waals surface area contributed by atoms with Gasteiger partial charge in [-0.05, 0) is 56.8 Å². The Morgan fingerprint density at radius 2 is 0.778 bits per heavy atom. The van der Waals surface area contributed by atoms with Crippen molar-refractivity contribution in [3.8, 4) is 0 Å². The fourth-order valence-corrected chi connectivity index (χ4v) is 5.30. The van der Waals surface area contributed by atoms with Gasteiger partial charge >= 0.3 is 0 Å². The van der Waals surface area contributed by atoms with Gasteiger partial charge in [-0.15, -0.1) is 0 Å². The third-order valence-corrected chi connectivity index (χ3v) is 7.47. The highest BCUT2D eigenvalue weighted by Crippen LogP contribution is 2.19. The second-order valence-corrected chi connectivity index (χ2v) is 11.9. The molecule has 0 saturated carbocycles. The van der Waals surface area contributed by atoms with Crippen LogP contribution in [0.15, 0.2) is 36.8 Å². The van der Waals surface area contributed by atoms with E-state index in [2.05, 4.69) is 39.0 Å². The van der Waals surface area contributed by atoms with Crippen LogP contribution in [0.1, 0.15) is 156 Å². The van der Waals surface area contributed by atoms with E-state index in [0.717, 1.165) is 38.5 Å². The first-order chi connectivity index (χ1) is 17.4. The Hall–Kier alpha value is -0.910. The van der Waals surface area contributed by atoms with E-state index in [9.17, 15) is 13.0 Å². The van der Waals surface area contributed by atoms with Crippen LogP contribution in [0.3, 0.4) is 0 Å². The molecule has 4 nitrogen and oxygen atoms in total. The molecule has 0 radical (unpaired) electrons. The minimum absolute atomic E-state index is 0.0205. The Labute approximate surface area is 225 Å². The van der Waals surface area contributed by atoms with Crippen molar-refractivity contribution < 1.29 is 17.5 Å². The topological polar surface area (TPSA) is 57.2 Å². The first-order valence-corrected chi connectivity index (χ1v) is 16.8. The minimum Gasteiger partial charge on any atom is -0.744 e. The summed E-state index contributed by atoms with van der Waals surface area (Å²) in [5, 5.41) is 0. The zero-order valence-electron chi connectivity index (χ0n) is 24.1. The molecule has 0 N–H and O–H groups in total. The van der Waals surface area contributed by atoms with Crippen molar-refractivity contribution in [2.75, 3.05) is 5.88 Å². The Bertz CT molecular complexity index is 603. The largest absolute Gasteiger partial charge is 0.744 e. The molecule has 0 aromatic rings. The molecule has 5 heteroatoms. The molecule has 0 unspecified atom stereocenters. The number of unbranched alkanes of at least 4 members (excludes halogenated alkanes) is 18. The molecular weight excluding hydrogens is 466 g/mol. The molecule has 0 rings (SSSR count). The van der Waals surface area contributed by atoms with E-state index in [4.69, 9.17) is 0 Å². The summed E-state index contributed by atoms with van der Waals surface area (Å²) in [5.41, 5.74) is 0. The average molecular weight is 526 g/mol.